The number of halogens is 1. The SMILES string of the molecule is CC(=O)N1CCc2cc(NC(=O)c3cc(F)ccc3-c3ccccc3)ccc21. The van der Waals surface area contributed by atoms with Crippen LogP contribution in [0.3, 0.4) is 0 Å². The third-order valence-corrected chi connectivity index (χ3v) is 4.92. The van der Waals surface area contributed by atoms with Crippen LogP contribution in [0, 0.1) is 5.82 Å². The Morgan fingerprint density at radius 1 is 1.00 bits per heavy atom. The molecule has 1 N–H and O–H groups in total. The van der Waals surface area contributed by atoms with E-state index in [-0.39, 0.29) is 17.4 Å². The number of fused-ring (bicyclic) bond motifs is 1. The summed E-state index contributed by atoms with van der Waals surface area (Å²) in [4.78, 5) is 26.3. The van der Waals surface area contributed by atoms with Crippen LogP contribution in [0.25, 0.3) is 11.1 Å². The van der Waals surface area contributed by atoms with Crippen LogP contribution in [-0.4, -0.2) is 18.4 Å². The third kappa shape index (κ3) is 3.39. The van der Waals surface area contributed by atoms with E-state index in [4.69, 9.17) is 0 Å². The van der Waals surface area contributed by atoms with Gasteiger partial charge in [-0.3, -0.25) is 9.59 Å². The molecule has 0 radical (unpaired) electrons. The molecule has 0 bridgehead atoms. The summed E-state index contributed by atoms with van der Waals surface area (Å²) in [5, 5.41) is 2.86. The number of carbonyl (C=O) groups excluding carboxylic acids is 2. The van der Waals surface area contributed by atoms with E-state index in [1.54, 1.807) is 24.0 Å². The number of hydrogen-bond donors (Lipinski definition) is 1. The molecule has 1 heterocycles. The molecule has 1 aliphatic heterocycles. The third-order valence-electron chi connectivity index (χ3n) is 4.92. The molecule has 28 heavy (non-hydrogen) atoms. The summed E-state index contributed by atoms with van der Waals surface area (Å²) < 4.78 is 13.8. The van der Waals surface area contributed by atoms with Gasteiger partial charge >= 0.3 is 0 Å². The summed E-state index contributed by atoms with van der Waals surface area (Å²) in [6.07, 6.45) is 0.744. The molecule has 4 nitrogen and oxygen atoms in total. The summed E-state index contributed by atoms with van der Waals surface area (Å²) in [6, 6.07) is 19.1. The zero-order valence-corrected chi connectivity index (χ0v) is 15.4. The molecule has 1 aliphatic rings. The molecule has 3 aromatic carbocycles. The van der Waals surface area contributed by atoms with E-state index in [1.165, 1.54) is 12.1 Å². The second-order valence-corrected chi connectivity index (χ2v) is 6.77. The van der Waals surface area contributed by atoms with Crippen LogP contribution < -0.4 is 10.2 Å². The monoisotopic (exact) mass is 374 g/mol. The summed E-state index contributed by atoms with van der Waals surface area (Å²) in [7, 11) is 0. The van der Waals surface area contributed by atoms with Crippen LogP contribution >= 0.6 is 0 Å². The highest BCUT2D eigenvalue weighted by molar-refractivity contribution is 6.09. The van der Waals surface area contributed by atoms with Crippen LogP contribution in [0.5, 0.6) is 0 Å². The summed E-state index contributed by atoms with van der Waals surface area (Å²) in [5.41, 5.74) is 4.30. The first kappa shape index (κ1) is 17.9. The van der Waals surface area contributed by atoms with Crippen molar-refractivity contribution < 1.29 is 14.0 Å². The van der Waals surface area contributed by atoms with E-state index in [1.807, 2.05) is 42.5 Å². The molecule has 2 amide bonds. The summed E-state index contributed by atoms with van der Waals surface area (Å²) >= 11 is 0. The molecule has 0 saturated carbocycles. The summed E-state index contributed by atoms with van der Waals surface area (Å²) in [6.45, 7) is 2.18. The fourth-order valence-electron chi connectivity index (χ4n) is 3.58. The van der Waals surface area contributed by atoms with Crippen molar-refractivity contribution >= 4 is 23.2 Å². The molecule has 0 atom stereocenters. The van der Waals surface area contributed by atoms with E-state index >= 15 is 0 Å². The molecule has 0 spiro atoms. The zero-order chi connectivity index (χ0) is 19.7. The Morgan fingerprint density at radius 2 is 1.79 bits per heavy atom. The van der Waals surface area contributed by atoms with E-state index in [0.717, 1.165) is 23.2 Å². The van der Waals surface area contributed by atoms with Crippen LogP contribution in [-0.2, 0) is 11.2 Å². The first-order chi connectivity index (χ1) is 13.5. The summed E-state index contributed by atoms with van der Waals surface area (Å²) in [5.74, 6) is -0.835. The van der Waals surface area contributed by atoms with Gasteiger partial charge in [0.05, 0.1) is 5.56 Å². The van der Waals surface area contributed by atoms with Crippen LogP contribution in [0.15, 0.2) is 66.7 Å². The number of nitrogens with one attached hydrogen (secondary N) is 1. The second-order valence-electron chi connectivity index (χ2n) is 6.77. The normalized spacial score (nSPS) is 12.6. The minimum Gasteiger partial charge on any atom is -0.322 e. The molecule has 3 aromatic rings. The fraction of sp³-hybridized carbons (Fsp3) is 0.130. The topological polar surface area (TPSA) is 49.4 Å². The zero-order valence-electron chi connectivity index (χ0n) is 15.4. The van der Waals surface area contributed by atoms with Crippen molar-refractivity contribution in [3.8, 4) is 11.1 Å². The quantitative estimate of drug-likeness (QED) is 0.725. The van der Waals surface area contributed by atoms with Crippen molar-refractivity contribution in [1.29, 1.82) is 0 Å². The number of carbonyl (C=O) groups is 2. The maximum Gasteiger partial charge on any atom is 0.256 e. The van der Waals surface area contributed by atoms with E-state index in [2.05, 4.69) is 5.32 Å². The smallest absolute Gasteiger partial charge is 0.256 e. The number of benzene rings is 3. The van der Waals surface area contributed by atoms with Crippen LogP contribution in [0.4, 0.5) is 15.8 Å². The average molecular weight is 374 g/mol. The Hall–Kier alpha value is -3.47. The van der Waals surface area contributed by atoms with Crippen LogP contribution in [0.1, 0.15) is 22.8 Å². The van der Waals surface area contributed by atoms with Crippen molar-refractivity contribution in [2.24, 2.45) is 0 Å². The lowest BCUT2D eigenvalue weighted by Gasteiger charge is -2.15. The van der Waals surface area contributed by atoms with Crippen molar-refractivity contribution in [2.45, 2.75) is 13.3 Å². The molecule has 0 aliphatic carbocycles. The van der Waals surface area contributed by atoms with Gasteiger partial charge in [0.25, 0.3) is 5.91 Å². The predicted molar refractivity (Wildman–Crippen MR) is 108 cm³/mol. The molecule has 0 saturated heterocycles. The number of hydrogen-bond acceptors (Lipinski definition) is 2. The Labute approximate surface area is 162 Å². The standard InChI is InChI=1S/C23H19FN2O2/c1-15(27)26-12-11-17-13-19(8-10-22(17)26)25-23(28)21-14-18(24)7-9-20(21)16-5-3-2-4-6-16/h2-10,13-14H,11-12H2,1H3,(H,25,28). The average Bonchev–Trinajstić information content (AvgIpc) is 3.12. The van der Waals surface area contributed by atoms with E-state index < -0.39 is 5.82 Å². The number of nitrogens with zero attached hydrogens (tertiary/aromatic N) is 1. The van der Waals surface area contributed by atoms with E-state index in [0.29, 0.717) is 17.8 Å². The highest BCUT2D eigenvalue weighted by Gasteiger charge is 2.22. The van der Waals surface area contributed by atoms with Gasteiger partial charge in [0.15, 0.2) is 0 Å². The lowest BCUT2D eigenvalue weighted by Crippen LogP contribution is -2.25. The number of anilines is 2. The Bertz CT molecular complexity index is 1060. The molecule has 5 heteroatoms. The van der Waals surface area contributed by atoms with Crippen molar-refractivity contribution in [2.75, 3.05) is 16.8 Å². The van der Waals surface area contributed by atoms with Gasteiger partial charge in [0.1, 0.15) is 5.82 Å². The minimum absolute atomic E-state index is 0.00259. The predicted octanol–water partition coefficient (Wildman–Crippen LogP) is 4.65. The van der Waals surface area contributed by atoms with Gasteiger partial charge in [-0.15, -0.1) is 0 Å². The molecule has 0 unspecified atom stereocenters. The molecule has 0 fully saturated rings. The van der Waals surface area contributed by atoms with Crippen molar-refractivity contribution in [3.05, 3.63) is 83.7 Å². The van der Waals surface area contributed by atoms with Crippen molar-refractivity contribution in [3.63, 3.8) is 0 Å². The molecule has 4 rings (SSSR count). The lowest BCUT2D eigenvalue weighted by atomic mass is 9.99. The van der Waals surface area contributed by atoms with Gasteiger partial charge in [-0.2, -0.15) is 0 Å². The minimum atomic E-state index is -0.462. The van der Waals surface area contributed by atoms with Gasteiger partial charge in [0.2, 0.25) is 5.91 Å². The fourth-order valence-corrected chi connectivity index (χ4v) is 3.58. The number of rotatable bonds is 3. The highest BCUT2D eigenvalue weighted by Crippen LogP contribution is 2.31. The van der Waals surface area contributed by atoms with Gasteiger partial charge < -0.3 is 10.2 Å². The molecule has 140 valence electrons. The van der Waals surface area contributed by atoms with E-state index in [9.17, 15) is 14.0 Å². The first-order valence-electron chi connectivity index (χ1n) is 9.10. The largest absolute Gasteiger partial charge is 0.322 e. The van der Waals surface area contributed by atoms with Crippen molar-refractivity contribution in [1.82, 2.24) is 0 Å². The van der Waals surface area contributed by atoms with Gasteiger partial charge in [-0.1, -0.05) is 36.4 Å². The molecule has 0 aromatic heterocycles. The first-order valence-corrected chi connectivity index (χ1v) is 9.10. The van der Waals surface area contributed by atoms with Crippen LogP contribution in [0.2, 0.25) is 0 Å². The lowest BCUT2D eigenvalue weighted by molar-refractivity contribution is -0.116. The van der Waals surface area contributed by atoms with Gasteiger partial charge in [-0.25, -0.2) is 4.39 Å². The number of amides is 2. The molecular formula is C23H19FN2O2. The Morgan fingerprint density at radius 3 is 2.54 bits per heavy atom. The Kier molecular flexibility index (Phi) is 4.65. The second kappa shape index (κ2) is 7.27. The maximum atomic E-state index is 13.8. The van der Waals surface area contributed by atoms with Gasteiger partial charge in [-0.05, 0) is 53.4 Å². The molecular weight excluding hydrogens is 355 g/mol. The maximum absolute atomic E-state index is 13.8. The Balaban J connectivity index is 1.63. The van der Waals surface area contributed by atoms with Gasteiger partial charge in [0, 0.05) is 24.8 Å². The highest BCUT2D eigenvalue weighted by atomic mass is 19.1.